The van der Waals surface area contributed by atoms with Crippen LogP contribution in [0.4, 0.5) is 0 Å². The first-order valence-electron chi connectivity index (χ1n) is 9.34. The second kappa shape index (κ2) is 8.93. The first-order chi connectivity index (χ1) is 14.1. The van der Waals surface area contributed by atoms with Gasteiger partial charge in [0, 0.05) is 11.3 Å². The number of benzene rings is 1. The van der Waals surface area contributed by atoms with Crippen molar-refractivity contribution in [2.75, 3.05) is 0 Å². The molecule has 8 nitrogen and oxygen atoms in total. The van der Waals surface area contributed by atoms with Crippen LogP contribution in [-0.2, 0) is 10.0 Å². The number of hydrogen-bond donors (Lipinski definition) is 1. The molecule has 0 spiro atoms. The molecule has 152 valence electrons. The summed E-state index contributed by atoms with van der Waals surface area (Å²) >= 11 is 1.50. The van der Waals surface area contributed by atoms with Crippen LogP contribution >= 0.6 is 11.8 Å². The van der Waals surface area contributed by atoms with Gasteiger partial charge in [0.15, 0.2) is 0 Å². The van der Waals surface area contributed by atoms with E-state index in [1.165, 1.54) is 18.1 Å². The Balaban J connectivity index is 1.48. The van der Waals surface area contributed by atoms with Gasteiger partial charge in [0.1, 0.15) is 12.1 Å². The summed E-state index contributed by atoms with van der Waals surface area (Å²) in [5.41, 5.74) is 0. The van der Waals surface area contributed by atoms with Gasteiger partial charge in [0.25, 0.3) is 0 Å². The van der Waals surface area contributed by atoms with Crippen molar-refractivity contribution in [3.63, 3.8) is 0 Å². The van der Waals surface area contributed by atoms with Crippen LogP contribution in [0.1, 0.15) is 31.4 Å². The molecule has 1 fully saturated rings. The summed E-state index contributed by atoms with van der Waals surface area (Å²) in [6.45, 7) is 0. The van der Waals surface area contributed by atoms with E-state index in [0.717, 1.165) is 25.7 Å². The summed E-state index contributed by atoms with van der Waals surface area (Å²) in [5.74, 6) is 0.626. The van der Waals surface area contributed by atoms with E-state index in [4.69, 9.17) is 4.42 Å². The molecule has 0 bridgehead atoms. The number of aromatic nitrogens is 3. The molecule has 0 saturated heterocycles. The molecule has 0 aliphatic heterocycles. The van der Waals surface area contributed by atoms with Crippen molar-refractivity contribution in [3.05, 3.63) is 60.8 Å². The molecule has 2 heterocycles. The smallest absolute Gasteiger partial charge is 0.240 e. The van der Waals surface area contributed by atoms with Gasteiger partial charge in [-0.25, -0.2) is 13.1 Å². The molecule has 1 N–H and O–H groups in total. The lowest BCUT2D eigenvalue weighted by Crippen LogP contribution is -2.43. The number of thioether (sulfide) groups is 1. The van der Waals surface area contributed by atoms with Crippen LogP contribution in [0.2, 0.25) is 0 Å². The minimum absolute atomic E-state index is 0.0454. The predicted molar refractivity (Wildman–Crippen MR) is 110 cm³/mol. The Labute approximate surface area is 173 Å². The standard InChI is InChI=1S/C19H21N5O3S2/c25-29(26,16-8-2-1-3-9-16)23-17-10-4-5-11-18(17)28-19-22-20-14-24(19)21-13-15-7-6-12-27-15/h1-3,6-9,12-14,17-18,23H,4-5,10-11H2/b21-13-/t17-,18+/m1/s1. The van der Waals surface area contributed by atoms with E-state index in [2.05, 4.69) is 20.0 Å². The number of rotatable bonds is 7. The van der Waals surface area contributed by atoms with E-state index in [-0.39, 0.29) is 16.2 Å². The zero-order valence-electron chi connectivity index (χ0n) is 15.6. The van der Waals surface area contributed by atoms with Gasteiger partial charge in [-0.3, -0.25) is 0 Å². The largest absolute Gasteiger partial charge is 0.463 e. The maximum absolute atomic E-state index is 12.8. The third kappa shape index (κ3) is 4.95. The maximum atomic E-state index is 12.8. The zero-order chi connectivity index (χ0) is 20.1. The molecular formula is C19H21N5O3S2. The Hall–Kier alpha value is -2.43. The quantitative estimate of drug-likeness (QED) is 0.577. The molecule has 29 heavy (non-hydrogen) atoms. The first-order valence-corrected chi connectivity index (χ1v) is 11.7. The molecule has 2 aromatic heterocycles. The molecule has 3 aromatic rings. The van der Waals surface area contributed by atoms with Crippen LogP contribution in [-0.4, -0.2) is 40.8 Å². The Morgan fingerprint density at radius 2 is 2.00 bits per heavy atom. The van der Waals surface area contributed by atoms with Crippen molar-refractivity contribution in [1.82, 2.24) is 19.6 Å². The summed E-state index contributed by atoms with van der Waals surface area (Å²) in [7, 11) is -3.57. The fourth-order valence-electron chi connectivity index (χ4n) is 3.24. The van der Waals surface area contributed by atoms with Gasteiger partial charge in [0.05, 0.1) is 17.4 Å². The Morgan fingerprint density at radius 1 is 1.17 bits per heavy atom. The molecule has 10 heteroatoms. The third-order valence-corrected chi connectivity index (χ3v) is 7.52. The molecule has 1 aromatic carbocycles. The van der Waals surface area contributed by atoms with Gasteiger partial charge in [-0.1, -0.05) is 42.8 Å². The molecule has 0 amide bonds. The summed E-state index contributed by atoms with van der Waals surface area (Å²) in [6.07, 6.45) is 8.40. The molecule has 0 unspecified atom stereocenters. The third-order valence-electron chi connectivity index (χ3n) is 4.67. The summed E-state index contributed by atoms with van der Waals surface area (Å²) < 4.78 is 35.2. The van der Waals surface area contributed by atoms with Crippen molar-refractivity contribution in [2.24, 2.45) is 5.10 Å². The zero-order valence-corrected chi connectivity index (χ0v) is 17.2. The highest BCUT2D eigenvalue weighted by atomic mass is 32.2. The van der Waals surface area contributed by atoms with Gasteiger partial charge in [0.2, 0.25) is 15.2 Å². The van der Waals surface area contributed by atoms with E-state index in [1.54, 1.807) is 59.6 Å². The minimum Gasteiger partial charge on any atom is -0.463 e. The lowest BCUT2D eigenvalue weighted by Gasteiger charge is -2.31. The Morgan fingerprint density at radius 3 is 2.79 bits per heavy atom. The summed E-state index contributed by atoms with van der Waals surface area (Å²) in [6, 6.07) is 11.9. The average molecular weight is 432 g/mol. The first kappa shape index (κ1) is 19.9. The number of nitrogens with one attached hydrogen (secondary N) is 1. The second-order valence-electron chi connectivity index (χ2n) is 6.70. The highest BCUT2D eigenvalue weighted by Gasteiger charge is 2.31. The summed E-state index contributed by atoms with van der Waals surface area (Å²) in [5, 5.41) is 13.1. The summed E-state index contributed by atoms with van der Waals surface area (Å²) in [4.78, 5) is 0.278. The maximum Gasteiger partial charge on any atom is 0.240 e. The van der Waals surface area contributed by atoms with Crippen LogP contribution in [0.15, 0.2) is 74.6 Å². The fourth-order valence-corrected chi connectivity index (χ4v) is 5.87. The Kier molecular flexibility index (Phi) is 6.12. The van der Waals surface area contributed by atoms with Crippen LogP contribution < -0.4 is 4.72 Å². The van der Waals surface area contributed by atoms with Crippen molar-refractivity contribution >= 4 is 28.0 Å². The predicted octanol–water partition coefficient (Wildman–Crippen LogP) is 3.14. The minimum atomic E-state index is -3.57. The van der Waals surface area contributed by atoms with Crippen LogP contribution in [0.25, 0.3) is 0 Å². The molecule has 1 saturated carbocycles. The van der Waals surface area contributed by atoms with E-state index < -0.39 is 10.0 Å². The van der Waals surface area contributed by atoms with Crippen molar-refractivity contribution in [3.8, 4) is 0 Å². The van der Waals surface area contributed by atoms with Crippen molar-refractivity contribution < 1.29 is 12.8 Å². The molecule has 2 atom stereocenters. The molecular weight excluding hydrogens is 410 g/mol. The monoisotopic (exact) mass is 431 g/mol. The molecule has 4 rings (SSSR count). The van der Waals surface area contributed by atoms with E-state index in [1.807, 2.05) is 0 Å². The lowest BCUT2D eigenvalue weighted by atomic mass is 9.96. The molecule has 1 aliphatic rings. The van der Waals surface area contributed by atoms with Crippen molar-refractivity contribution in [2.45, 2.75) is 47.0 Å². The second-order valence-corrected chi connectivity index (χ2v) is 9.62. The average Bonchev–Trinajstić information content (AvgIpc) is 3.40. The number of sulfonamides is 1. The van der Waals surface area contributed by atoms with E-state index in [9.17, 15) is 8.42 Å². The lowest BCUT2D eigenvalue weighted by molar-refractivity contribution is 0.422. The van der Waals surface area contributed by atoms with Crippen LogP contribution in [0.5, 0.6) is 0 Å². The van der Waals surface area contributed by atoms with E-state index >= 15 is 0 Å². The number of nitrogens with zero attached hydrogens (tertiary/aromatic N) is 4. The van der Waals surface area contributed by atoms with Crippen molar-refractivity contribution in [1.29, 1.82) is 0 Å². The number of furan rings is 1. The van der Waals surface area contributed by atoms with Crippen LogP contribution in [0.3, 0.4) is 0 Å². The van der Waals surface area contributed by atoms with Gasteiger partial charge in [-0.2, -0.15) is 9.78 Å². The highest BCUT2D eigenvalue weighted by Crippen LogP contribution is 2.33. The van der Waals surface area contributed by atoms with Crippen LogP contribution in [0, 0.1) is 0 Å². The van der Waals surface area contributed by atoms with Gasteiger partial charge in [-0.15, -0.1) is 10.2 Å². The van der Waals surface area contributed by atoms with Gasteiger partial charge in [-0.05, 0) is 37.1 Å². The normalized spacial score (nSPS) is 20.3. The topological polar surface area (TPSA) is 102 Å². The van der Waals surface area contributed by atoms with Gasteiger partial charge < -0.3 is 4.42 Å². The Bertz CT molecular complexity index is 1050. The SMILES string of the molecule is O=S(=O)(N[C@@H]1CCCC[C@@H]1Sc1nncn1/N=C\c1ccco1)c1ccccc1. The fraction of sp³-hybridized carbons (Fsp3) is 0.316. The molecule has 1 aliphatic carbocycles. The van der Waals surface area contributed by atoms with Gasteiger partial charge >= 0.3 is 0 Å². The molecule has 0 radical (unpaired) electrons. The highest BCUT2D eigenvalue weighted by molar-refractivity contribution is 7.99. The van der Waals surface area contributed by atoms with E-state index in [0.29, 0.717) is 10.9 Å². The number of hydrogen-bond acceptors (Lipinski definition) is 7.